The third-order valence-corrected chi connectivity index (χ3v) is 4.22. The Morgan fingerprint density at radius 3 is 2.17 bits per heavy atom. The van der Waals surface area contributed by atoms with E-state index < -0.39 is 0 Å². The molecule has 72 valence electrons. The molecule has 1 saturated carbocycles. The van der Waals surface area contributed by atoms with Crippen LogP contribution in [-0.4, -0.2) is 0 Å². The minimum Gasteiger partial charge on any atom is -0.0651 e. The average Bonchev–Trinajstić information content (AvgIpc) is 2.02. The van der Waals surface area contributed by atoms with E-state index >= 15 is 0 Å². The van der Waals surface area contributed by atoms with Crippen molar-refractivity contribution in [1.29, 1.82) is 0 Å². The minimum absolute atomic E-state index is 0.935. The van der Waals surface area contributed by atoms with Crippen molar-refractivity contribution in [1.82, 2.24) is 0 Å². The summed E-state index contributed by atoms with van der Waals surface area (Å²) in [6, 6.07) is 0. The highest BCUT2D eigenvalue weighted by Gasteiger charge is 2.34. The Bertz CT molecular complexity index is 119. The van der Waals surface area contributed by atoms with E-state index in [0.717, 1.165) is 23.7 Å². The summed E-state index contributed by atoms with van der Waals surface area (Å²) in [7, 11) is 0. The summed E-state index contributed by atoms with van der Waals surface area (Å²) in [5, 5.41) is 0. The van der Waals surface area contributed by atoms with Gasteiger partial charge in [0, 0.05) is 0 Å². The first-order valence-corrected chi connectivity index (χ1v) is 5.70. The van der Waals surface area contributed by atoms with Crippen molar-refractivity contribution in [3.05, 3.63) is 0 Å². The van der Waals surface area contributed by atoms with Crippen LogP contribution in [0.3, 0.4) is 0 Å². The molecule has 0 aromatic rings. The van der Waals surface area contributed by atoms with Gasteiger partial charge < -0.3 is 0 Å². The molecular weight excluding hydrogens is 144 g/mol. The fourth-order valence-corrected chi connectivity index (χ4v) is 2.59. The van der Waals surface area contributed by atoms with Crippen molar-refractivity contribution in [2.75, 3.05) is 0 Å². The molecule has 1 aliphatic rings. The third kappa shape index (κ3) is 1.84. The van der Waals surface area contributed by atoms with Crippen LogP contribution in [0.15, 0.2) is 0 Å². The molecule has 0 aliphatic heterocycles. The third-order valence-electron chi connectivity index (χ3n) is 4.22. The molecule has 0 N–H and O–H groups in total. The Hall–Kier alpha value is 0. The van der Waals surface area contributed by atoms with Gasteiger partial charge in [0.1, 0.15) is 0 Å². The zero-order chi connectivity index (χ0) is 9.14. The Labute approximate surface area is 77.7 Å². The van der Waals surface area contributed by atoms with Gasteiger partial charge in [-0.25, -0.2) is 0 Å². The van der Waals surface area contributed by atoms with Gasteiger partial charge in [-0.05, 0) is 36.5 Å². The maximum atomic E-state index is 2.46. The van der Waals surface area contributed by atoms with Crippen LogP contribution in [0.2, 0.25) is 0 Å². The maximum Gasteiger partial charge on any atom is -0.0358 e. The smallest absolute Gasteiger partial charge is 0.0358 e. The fraction of sp³-hybridized carbons (Fsp3) is 1.00. The van der Waals surface area contributed by atoms with Gasteiger partial charge in [0.2, 0.25) is 0 Å². The number of rotatable bonds is 4. The Kier molecular flexibility index (Phi) is 3.61. The summed E-state index contributed by atoms with van der Waals surface area (Å²) in [6.45, 7) is 9.54. The van der Waals surface area contributed by atoms with Crippen LogP contribution in [0, 0.1) is 23.7 Å². The highest BCUT2D eigenvalue weighted by molar-refractivity contribution is 4.84. The Balaban J connectivity index is 2.36. The number of hydrogen-bond acceptors (Lipinski definition) is 0. The van der Waals surface area contributed by atoms with Crippen molar-refractivity contribution >= 4 is 0 Å². The van der Waals surface area contributed by atoms with E-state index in [0.29, 0.717) is 0 Å². The Morgan fingerprint density at radius 1 is 1.17 bits per heavy atom. The van der Waals surface area contributed by atoms with Crippen molar-refractivity contribution in [2.45, 2.75) is 53.4 Å². The average molecular weight is 168 g/mol. The molecule has 0 nitrogen and oxygen atoms in total. The lowest BCUT2D eigenvalue weighted by Gasteiger charge is -2.42. The molecule has 1 fully saturated rings. The van der Waals surface area contributed by atoms with E-state index in [-0.39, 0.29) is 0 Å². The molecule has 1 rings (SSSR count). The largest absolute Gasteiger partial charge is 0.0651 e. The molecule has 12 heavy (non-hydrogen) atoms. The van der Waals surface area contributed by atoms with Gasteiger partial charge in [-0.1, -0.05) is 40.5 Å². The lowest BCUT2D eigenvalue weighted by molar-refractivity contribution is 0.0775. The standard InChI is InChI=1S/C12H24/c1-5-9(3)10(4)12-8-7-11(12)6-2/h9-12H,5-8H2,1-4H3/t9?,10?,11-,12?/m1/s1. The van der Waals surface area contributed by atoms with Crippen molar-refractivity contribution in [3.63, 3.8) is 0 Å². The minimum atomic E-state index is 0.935. The van der Waals surface area contributed by atoms with Crippen LogP contribution in [0.5, 0.6) is 0 Å². The van der Waals surface area contributed by atoms with Gasteiger partial charge in [0.15, 0.2) is 0 Å². The molecule has 0 spiro atoms. The second-order valence-electron chi connectivity index (χ2n) is 4.65. The molecule has 0 saturated heterocycles. The van der Waals surface area contributed by atoms with Crippen molar-refractivity contribution < 1.29 is 0 Å². The molecule has 0 heterocycles. The van der Waals surface area contributed by atoms with Gasteiger partial charge in [-0.2, -0.15) is 0 Å². The predicted octanol–water partition coefficient (Wildman–Crippen LogP) is 4.10. The summed E-state index contributed by atoms with van der Waals surface area (Å²) in [6.07, 6.45) is 5.77. The van der Waals surface area contributed by atoms with E-state index in [4.69, 9.17) is 0 Å². The Morgan fingerprint density at radius 2 is 1.83 bits per heavy atom. The zero-order valence-corrected chi connectivity index (χ0v) is 9.14. The second-order valence-corrected chi connectivity index (χ2v) is 4.65. The molecule has 3 unspecified atom stereocenters. The molecule has 0 radical (unpaired) electrons. The van der Waals surface area contributed by atoms with Gasteiger partial charge in [-0.3, -0.25) is 0 Å². The molecule has 4 atom stereocenters. The van der Waals surface area contributed by atoms with Gasteiger partial charge in [-0.15, -0.1) is 0 Å². The zero-order valence-electron chi connectivity index (χ0n) is 9.14. The molecule has 0 aromatic heterocycles. The first kappa shape index (κ1) is 10.1. The van der Waals surface area contributed by atoms with Crippen LogP contribution < -0.4 is 0 Å². The lowest BCUT2D eigenvalue weighted by atomic mass is 9.63. The number of hydrogen-bond donors (Lipinski definition) is 0. The first-order valence-electron chi connectivity index (χ1n) is 5.70. The van der Waals surface area contributed by atoms with Gasteiger partial charge in [0.25, 0.3) is 0 Å². The predicted molar refractivity (Wildman–Crippen MR) is 55.1 cm³/mol. The van der Waals surface area contributed by atoms with Crippen LogP contribution in [-0.2, 0) is 0 Å². The SMILES string of the molecule is CCC(C)C(C)C1CC[C@H]1CC. The monoisotopic (exact) mass is 168 g/mol. The van der Waals surface area contributed by atoms with Crippen LogP contribution in [0.4, 0.5) is 0 Å². The summed E-state index contributed by atoms with van der Waals surface area (Å²) >= 11 is 0. The summed E-state index contributed by atoms with van der Waals surface area (Å²) in [5.41, 5.74) is 0. The molecule has 1 aliphatic carbocycles. The topological polar surface area (TPSA) is 0 Å². The highest BCUT2D eigenvalue weighted by Crippen LogP contribution is 2.44. The van der Waals surface area contributed by atoms with E-state index in [2.05, 4.69) is 27.7 Å². The van der Waals surface area contributed by atoms with E-state index in [9.17, 15) is 0 Å². The highest BCUT2D eigenvalue weighted by atomic mass is 14.4. The summed E-state index contributed by atoms with van der Waals surface area (Å²) in [5.74, 6) is 4.02. The lowest BCUT2D eigenvalue weighted by Crippen LogP contribution is -2.33. The molecular formula is C12H24. The summed E-state index contributed by atoms with van der Waals surface area (Å²) < 4.78 is 0. The van der Waals surface area contributed by atoms with Crippen LogP contribution in [0.25, 0.3) is 0 Å². The van der Waals surface area contributed by atoms with E-state index in [1.807, 2.05) is 0 Å². The fourth-order valence-electron chi connectivity index (χ4n) is 2.59. The molecule has 0 aromatic carbocycles. The normalized spacial score (nSPS) is 34.0. The first-order chi connectivity index (χ1) is 5.70. The second kappa shape index (κ2) is 4.30. The van der Waals surface area contributed by atoms with Gasteiger partial charge >= 0.3 is 0 Å². The molecule has 0 heteroatoms. The molecule has 0 bridgehead atoms. The van der Waals surface area contributed by atoms with Gasteiger partial charge in [0.05, 0.1) is 0 Å². The van der Waals surface area contributed by atoms with E-state index in [1.165, 1.54) is 25.7 Å². The van der Waals surface area contributed by atoms with Crippen LogP contribution >= 0.6 is 0 Å². The van der Waals surface area contributed by atoms with Crippen molar-refractivity contribution in [3.8, 4) is 0 Å². The van der Waals surface area contributed by atoms with Crippen molar-refractivity contribution in [2.24, 2.45) is 23.7 Å². The quantitative estimate of drug-likeness (QED) is 0.592. The van der Waals surface area contributed by atoms with E-state index in [1.54, 1.807) is 0 Å². The maximum absolute atomic E-state index is 2.46. The van der Waals surface area contributed by atoms with Crippen LogP contribution in [0.1, 0.15) is 53.4 Å². The summed E-state index contributed by atoms with van der Waals surface area (Å²) in [4.78, 5) is 0. The molecule has 0 amide bonds.